The lowest BCUT2D eigenvalue weighted by Crippen LogP contribution is -2.53. The number of nitrogens with one attached hydrogen (secondary N) is 1. The van der Waals surface area contributed by atoms with Crippen LogP contribution in [-0.4, -0.2) is 46.5 Å². The minimum atomic E-state index is -0.591. The van der Waals surface area contributed by atoms with Crippen molar-refractivity contribution in [1.29, 1.82) is 5.26 Å². The predicted octanol–water partition coefficient (Wildman–Crippen LogP) is 3.55. The van der Waals surface area contributed by atoms with E-state index >= 15 is 0 Å². The van der Waals surface area contributed by atoms with Crippen LogP contribution in [0, 0.1) is 40.4 Å². The summed E-state index contributed by atoms with van der Waals surface area (Å²) in [5.74, 6) is -0.125. The zero-order valence-electron chi connectivity index (χ0n) is 19.4. The number of amides is 2. The van der Waals surface area contributed by atoms with Crippen molar-refractivity contribution in [3.8, 4) is 6.07 Å². The van der Waals surface area contributed by atoms with Crippen LogP contribution in [0.2, 0.25) is 0 Å². The lowest BCUT2D eigenvalue weighted by Gasteiger charge is -2.53. The molecule has 0 saturated heterocycles. The molecule has 174 valence electrons. The van der Waals surface area contributed by atoms with Crippen LogP contribution in [0.5, 0.6) is 0 Å². The third kappa shape index (κ3) is 4.17. The number of carbonyl (C=O) groups is 2. The fraction of sp³-hybridized carbons (Fsp3) is 0.750. The molecule has 1 aromatic heterocycles. The predicted molar refractivity (Wildman–Crippen MR) is 123 cm³/mol. The highest BCUT2D eigenvalue weighted by molar-refractivity contribution is 7.15. The van der Waals surface area contributed by atoms with Crippen LogP contribution >= 0.6 is 11.3 Å². The molecule has 2 amide bonds. The van der Waals surface area contributed by atoms with Crippen LogP contribution < -0.4 is 5.32 Å². The van der Waals surface area contributed by atoms with E-state index in [0.717, 1.165) is 37.8 Å². The van der Waals surface area contributed by atoms with Gasteiger partial charge in [0.1, 0.15) is 0 Å². The largest absolute Gasteiger partial charge is 0.392 e. The van der Waals surface area contributed by atoms with Gasteiger partial charge in [-0.25, -0.2) is 4.98 Å². The number of carbonyl (C=O) groups excluding carboxylic acids is 2. The molecule has 6 unspecified atom stereocenters. The molecule has 0 spiro atoms. The molecule has 0 radical (unpaired) electrons. The fourth-order valence-corrected chi connectivity index (χ4v) is 7.28. The Hall–Kier alpha value is -1.98. The third-order valence-corrected chi connectivity index (χ3v) is 9.05. The van der Waals surface area contributed by atoms with Crippen molar-refractivity contribution in [3.05, 3.63) is 10.6 Å². The van der Waals surface area contributed by atoms with Gasteiger partial charge in [0.15, 0.2) is 5.13 Å². The molecule has 7 nitrogen and oxygen atoms in total. The quantitative estimate of drug-likeness (QED) is 0.678. The van der Waals surface area contributed by atoms with Crippen molar-refractivity contribution < 1.29 is 14.7 Å². The Morgan fingerprint density at radius 2 is 2.12 bits per heavy atom. The molecule has 1 aromatic rings. The van der Waals surface area contributed by atoms with Gasteiger partial charge in [0.2, 0.25) is 11.8 Å². The van der Waals surface area contributed by atoms with Crippen LogP contribution in [0.1, 0.15) is 69.4 Å². The summed E-state index contributed by atoms with van der Waals surface area (Å²) in [7, 11) is 1.73. The van der Waals surface area contributed by atoms with E-state index in [1.807, 2.05) is 6.92 Å². The molecule has 3 aliphatic carbocycles. The van der Waals surface area contributed by atoms with E-state index in [4.69, 9.17) is 10.2 Å². The minimum absolute atomic E-state index is 0.00390. The van der Waals surface area contributed by atoms with Gasteiger partial charge in [-0.2, -0.15) is 5.26 Å². The van der Waals surface area contributed by atoms with Gasteiger partial charge in [-0.1, -0.05) is 20.8 Å². The van der Waals surface area contributed by atoms with E-state index in [2.05, 4.69) is 25.2 Å². The molecule has 2 saturated carbocycles. The number of hydrogen-bond acceptors (Lipinski definition) is 6. The summed E-state index contributed by atoms with van der Waals surface area (Å²) in [6, 6.07) is 2.09. The first kappa shape index (κ1) is 23.2. The third-order valence-electron chi connectivity index (χ3n) is 8.07. The summed E-state index contributed by atoms with van der Waals surface area (Å²) in [6.45, 7) is 6.71. The average Bonchev–Trinajstić information content (AvgIpc) is 3.52. The summed E-state index contributed by atoms with van der Waals surface area (Å²) >= 11 is 1.58. The van der Waals surface area contributed by atoms with Gasteiger partial charge in [0, 0.05) is 36.2 Å². The zero-order chi connectivity index (χ0) is 23.2. The number of aliphatic hydroxyl groups excluding tert-OH is 1. The summed E-state index contributed by atoms with van der Waals surface area (Å²) in [5, 5.41) is 24.0. The molecule has 0 aliphatic heterocycles. The molecular formula is C24H34N4O3S. The number of rotatable bonds is 6. The highest BCUT2D eigenvalue weighted by Crippen LogP contribution is 2.57. The maximum atomic E-state index is 12.9. The molecule has 4 rings (SSSR count). The van der Waals surface area contributed by atoms with Gasteiger partial charge < -0.3 is 15.3 Å². The Bertz CT molecular complexity index is 936. The molecular weight excluding hydrogens is 424 g/mol. The Morgan fingerprint density at radius 1 is 1.41 bits per heavy atom. The molecule has 0 aromatic carbocycles. The normalized spacial score (nSPS) is 32.2. The van der Waals surface area contributed by atoms with E-state index < -0.39 is 6.10 Å². The Labute approximate surface area is 194 Å². The van der Waals surface area contributed by atoms with Gasteiger partial charge in [0.25, 0.3) is 0 Å². The van der Waals surface area contributed by atoms with Crippen LogP contribution in [0.3, 0.4) is 0 Å². The molecule has 1 heterocycles. The van der Waals surface area contributed by atoms with Crippen molar-refractivity contribution in [2.45, 2.75) is 71.3 Å². The first-order chi connectivity index (χ1) is 15.2. The number of nitrogens with zero attached hydrogens (tertiary/aromatic N) is 3. The van der Waals surface area contributed by atoms with E-state index in [1.165, 1.54) is 4.88 Å². The van der Waals surface area contributed by atoms with Gasteiger partial charge in [0.05, 0.1) is 24.3 Å². The lowest BCUT2D eigenvalue weighted by molar-refractivity contribution is -0.143. The second-order valence-corrected chi connectivity index (χ2v) is 11.5. The summed E-state index contributed by atoms with van der Waals surface area (Å²) in [5.41, 5.74) is 0.940. The molecule has 32 heavy (non-hydrogen) atoms. The van der Waals surface area contributed by atoms with Gasteiger partial charge in [-0.15, -0.1) is 11.3 Å². The molecule has 6 atom stereocenters. The van der Waals surface area contributed by atoms with Crippen molar-refractivity contribution in [2.24, 2.45) is 29.1 Å². The SMILES string of the molecule is CC(C(=O)N(C)CCC#N)C1CCC2(C)Cc3sc(NC(=O)C4CC4)nc3C(C)C2C1O. The van der Waals surface area contributed by atoms with Gasteiger partial charge >= 0.3 is 0 Å². The number of aliphatic hydroxyl groups is 1. The number of fused-ring (bicyclic) bond motifs is 2. The second-order valence-electron chi connectivity index (χ2n) is 10.4. The number of hydrogen-bond donors (Lipinski definition) is 2. The maximum absolute atomic E-state index is 12.9. The Kier molecular flexibility index (Phi) is 6.34. The monoisotopic (exact) mass is 458 g/mol. The highest BCUT2D eigenvalue weighted by atomic mass is 32.1. The molecule has 3 aliphatic rings. The number of anilines is 1. The van der Waals surface area contributed by atoms with E-state index in [0.29, 0.717) is 18.1 Å². The van der Waals surface area contributed by atoms with Crippen molar-refractivity contribution in [2.75, 3.05) is 18.9 Å². The average molecular weight is 459 g/mol. The van der Waals surface area contributed by atoms with Gasteiger partial charge in [-0.05, 0) is 49.4 Å². The standard InChI is InChI=1S/C24H34N4O3S/c1-13(22(31)28(4)11-5-10-25)16-8-9-24(3)12-17-19(14(2)18(24)20(16)29)26-23(32-17)27-21(30)15-6-7-15/h13-16,18,20,29H,5-9,11-12H2,1-4H3,(H,26,27,30). The fourth-order valence-electron chi connectivity index (χ4n) is 6.01. The summed E-state index contributed by atoms with van der Waals surface area (Å²) < 4.78 is 0. The van der Waals surface area contributed by atoms with Crippen LogP contribution in [0.25, 0.3) is 0 Å². The van der Waals surface area contributed by atoms with Crippen molar-refractivity contribution in [3.63, 3.8) is 0 Å². The van der Waals surface area contributed by atoms with E-state index in [-0.39, 0.29) is 46.8 Å². The summed E-state index contributed by atoms with van der Waals surface area (Å²) in [6.07, 6.45) is 4.25. The van der Waals surface area contributed by atoms with Crippen molar-refractivity contribution >= 4 is 28.3 Å². The first-order valence-electron chi connectivity index (χ1n) is 11.8. The number of nitriles is 1. The van der Waals surface area contributed by atoms with Crippen molar-refractivity contribution in [1.82, 2.24) is 9.88 Å². The zero-order valence-corrected chi connectivity index (χ0v) is 20.2. The first-order valence-corrected chi connectivity index (χ1v) is 12.6. The number of aromatic nitrogens is 1. The molecule has 8 heteroatoms. The van der Waals surface area contributed by atoms with E-state index in [9.17, 15) is 14.7 Å². The topological polar surface area (TPSA) is 106 Å². The minimum Gasteiger partial charge on any atom is -0.392 e. The summed E-state index contributed by atoms with van der Waals surface area (Å²) in [4.78, 5) is 32.7. The second kappa shape index (κ2) is 8.75. The Morgan fingerprint density at radius 3 is 2.78 bits per heavy atom. The van der Waals surface area contributed by atoms with Gasteiger partial charge in [-0.3, -0.25) is 9.59 Å². The molecule has 2 fully saturated rings. The lowest BCUT2D eigenvalue weighted by atomic mass is 9.53. The van der Waals surface area contributed by atoms with Crippen LogP contribution in [0.4, 0.5) is 5.13 Å². The van der Waals surface area contributed by atoms with E-state index in [1.54, 1.807) is 23.3 Å². The molecule has 2 N–H and O–H groups in total. The molecule has 0 bridgehead atoms. The highest BCUT2D eigenvalue weighted by Gasteiger charge is 2.54. The number of thiazole rings is 1. The maximum Gasteiger partial charge on any atom is 0.229 e. The van der Waals surface area contributed by atoms with Crippen LogP contribution in [-0.2, 0) is 16.0 Å². The van der Waals surface area contributed by atoms with Crippen LogP contribution in [0.15, 0.2) is 0 Å². The smallest absolute Gasteiger partial charge is 0.229 e. The Balaban J connectivity index is 1.52.